The van der Waals surface area contributed by atoms with E-state index in [1.165, 1.54) is 4.90 Å². The Bertz CT molecular complexity index is 1300. The molecule has 0 fully saturated rings. The highest BCUT2D eigenvalue weighted by atomic mass is 32.1. The molecular formula is C25H27N5O2S. The number of carbonyl (C=O) groups excluding carboxylic acids is 2. The van der Waals surface area contributed by atoms with Gasteiger partial charge in [-0.05, 0) is 56.3 Å². The van der Waals surface area contributed by atoms with Crippen LogP contribution in [0.1, 0.15) is 41.4 Å². The highest BCUT2D eigenvalue weighted by molar-refractivity contribution is 7.13. The maximum absolute atomic E-state index is 13.5. The zero-order valence-electron chi connectivity index (χ0n) is 19.4. The molecule has 3 heterocycles. The molecule has 0 aliphatic rings. The van der Waals surface area contributed by atoms with Crippen LogP contribution in [0.2, 0.25) is 0 Å². The van der Waals surface area contributed by atoms with Crippen LogP contribution in [0.15, 0.2) is 48.0 Å². The highest BCUT2D eigenvalue weighted by Gasteiger charge is 2.22. The third-order valence-electron chi connectivity index (χ3n) is 5.53. The number of para-hydroxylation sites is 1. The molecule has 0 radical (unpaired) electrons. The van der Waals surface area contributed by atoms with Crippen molar-refractivity contribution in [2.45, 2.75) is 33.7 Å². The summed E-state index contributed by atoms with van der Waals surface area (Å²) in [6, 6.07) is 11.7. The molecule has 7 nitrogen and oxygen atoms in total. The minimum absolute atomic E-state index is 0.0664. The highest BCUT2D eigenvalue weighted by Crippen LogP contribution is 2.29. The molecule has 1 aromatic carbocycles. The first-order chi connectivity index (χ1) is 15.8. The molecule has 0 unspecified atom stereocenters. The number of hydrogen-bond donors (Lipinski definition) is 1. The maximum Gasteiger partial charge on any atom is 0.254 e. The first kappa shape index (κ1) is 22.7. The molecule has 0 saturated heterocycles. The summed E-state index contributed by atoms with van der Waals surface area (Å²) in [6.07, 6.45) is 1.68. The van der Waals surface area contributed by atoms with Gasteiger partial charge in [-0.3, -0.25) is 9.59 Å². The second-order valence-corrected chi connectivity index (χ2v) is 9.38. The van der Waals surface area contributed by atoms with Crippen molar-refractivity contribution in [3.05, 3.63) is 64.7 Å². The van der Waals surface area contributed by atoms with E-state index in [1.807, 2.05) is 68.1 Å². The Labute approximate surface area is 197 Å². The average Bonchev–Trinajstić information content (AvgIpc) is 3.45. The molecule has 0 atom stereocenters. The molecule has 170 valence electrons. The summed E-state index contributed by atoms with van der Waals surface area (Å²) in [6.45, 7) is 7.88. The molecule has 0 spiro atoms. The lowest BCUT2D eigenvalue weighted by atomic mass is 10.1. The minimum atomic E-state index is -0.250. The normalized spacial score (nSPS) is 11.2. The summed E-state index contributed by atoms with van der Waals surface area (Å²) in [5.74, 6) is -0.495. The quantitative estimate of drug-likeness (QED) is 0.435. The summed E-state index contributed by atoms with van der Waals surface area (Å²) in [7, 11) is 1.64. The summed E-state index contributed by atoms with van der Waals surface area (Å²) in [4.78, 5) is 33.4. The van der Waals surface area contributed by atoms with Gasteiger partial charge in [0, 0.05) is 18.8 Å². The van der Waals surface area contributed by atoms with Crippen LogP contribution >= 0.6 is 11.3 Å². The van der Waals surface area contributed by atoms with Gasteiger partial charge in [0.05, 0.1) is 34.3 Å². The number of thiophene rings is 1. The number of nitrogens with zero attached hydrogens (tertiary/aromatic N) is 4. The van der Waals surface area contributed by atoms with Crippen LogP contribution < -0.4 is 5.32 Å². The van der Waals surface area contributed by atoms with Gasteiger partial charge in [0.25, 0.3) is 5.91 Å². The third kappa shape index (κ3) is 4.52. The van der Waals surface area contributed by atoms with Gasteiger partial charge in [-0.15, -0.1) is 11.3 Å². The Kier molecular flexibility index (Phi) is 6.29. The molecule has 0 bridgehead atoms. The van der Waals surface area contributed by atoms with E-state index in [2.05, 4.69) is 10.4 Å². The lowest BCUT2D eigenvalue weighted by Gasteiger charge is -2.19. The monoisotopic (exact) mass is 461 g/mol. The number of pyridine rings is 1. The van der Waals surface area contributed by atoms with Gasteiger partial charge in [0.1, 0.15) is 0 Å². The third-order valence-corrected chi connectivity index (χ3v) is 6.43. The fourth-order valence-corrected chi connectivity index (χ4v) is 4.49. The number of hydrogen-bond acceptors (Lipinski definition) is 5. The second kappa shape index (κ2) is 9.15. The zero-order valence-corrected chi connectivity index (χ0v) is 20.2. The minimum Gasteiger partial charge on any atom is -0.332 e. The first-order valence-electron chi connectivity index (χ1n) is 10.8. The van der Waals surface area contributed by atoms with Gasteiger partial charge in [-0.25, -0.2) is 9.67 Å². The van der Waals surface area contributed by atoms with Crippen LogP contribution in [-0.2, 0) is 4.79 Å². The summed E-state index contributed by atoms with van der Waals surface area (Å²) >= 11 is 1.56. The van der Waals surface area contributed by atoms with E-state index in [-0.39, 0.29) is 24.4 Å². The molecule has 2 amide bonds. The molecule has 0 aliphatic heterocycles. The van der Waals surface area contributed by atoms with Gasteiger partial charge in [0.2, 0.25) is 5.91 Å². The average molecular weight is 462 g/mol. The van der Waals surface area contributed by atoms with Crippen molar-refractivity contribution in [1.82, 2.24) is 19.7 Å². The molecule has 4 aromatic rings. The van der Waals surface area contributed by atoms with Crippen LogP contribution in [0.5, 0.6) is 0 Å². The van der Waals surface area contributed by atoms with Gasteiger partial charge < -0.3 is 10.2 Å². The number of fused-ring (bicyclic) bond motifs is 1. The van der Waals surface area contributed by atoms with E-state index in [0.29, 0.717) is 16.6 Å². The van der Waals surface area contributed by atoms with Crippen LogP contribution in [0.4, 0.5) is 5.69 Å². The van der Waals surface area contributed by atoms with Crippen LogP contribution in [0.25, 0.3) is 21.6 Å². The van der Waals surface area contributed by atoms with Crippen molar-refractivity contribution in [1.29, 1.82) is 0 Å². The standard InChI is InChI=1S/C25H27N5O2S/c1-15(2)30-24-19(13-26-30)18(12-20(27-24)21-10-7-11-33-21)25(32)29(5)14-22(31)28-23-16(3)8-6-9-17(23)4/h6-13,15H,14H2,1-5H3,(H,28,31). The smallest absolute Gasteiger partial charge is 0.254 e. The van der Waals surface area contributed by atoms with Crippen molar-refractivity contribution in [2.75, 3.05) is 18.9 Å². The molecule has 4 rings (SSSR count). The predicted molar refractivity (Wildman–Crippen MR) is 133 cm³/mol. The van der Waals surface area contributed by atoms with Gasteiger partial charge in [0.15, 0.2) is 5.65 Å². The predicted octanol–water partition coefficient (Wildman–Crippen LogP) is 5.07. The number of aryl methyl sites for hydroxylation is 2. The fourth-order valence-electron chi connectivity index (χ4n) is 3.81. The molecule has 3 aromatic heterocycles. The van der Waals surface area contributed by atoms with Gasteiger partial charge in [-0.1, -0.05) is 24.3 Å². The molecule has 33 heavy (non-hydrogen) atoms. The van der Waals surface area contributed by atoms with Crippen molar-refractivity contribution in [3.63, 3.8) is 0 Å². The van der Waals surface area contributed by atoms with Crippen molar-refractivity contribution in [3.8, 4) is 10.6 Å². The van der Waals surface area contributed by atoms with Crippen molar-refractivity contribution in [2.24, 2.45) is 0 Å². The number of benzene rings is 1. The van der Waals surface area contributed by atoms with Crippen molar-refractivity contribution < 1.29 is 9.59 Å². The number of aromatic nitrogens is 3. The maximum atomic E-state index is 13.5. The fraction of sp³-hybridized carbons (Fsp3) is 0.280. The molecule has 0 saturated carbocycles. The Balaban J connectivity index is 1.65. The van der Waals surface area contributed by atoms with Gasteiger partial charge in [-0.2, -0.15) is 5.10 Å². The second-order valence-electron chi connectivity index (χ2n) is 8.43. The Morgan fingerprint density at radius 1 is 1.15 bits per heavy atom. The largest absolute Gasteiger partial charge is 0.332 e. The van der Waals surface area contributed by atoms with Crippen LogP contribution in [-0.4, -0.2) is 45.1 Å². The zero-order chi connectivity index (χ0) is 23.7. The number of carbonyl (C=O) groups is 2. The van der Waals surface area contributed by atoms with E-state index >= 15 is 0 Å². The van der Waals surface area contributed by atoms with E-state index in [0.717, 1.165) is 27.4 Å². The van der Waals surface area contributed by atoms with Crippen LogP contribution in [0.3, 0.4) is 0 Å². The molecule has 0 aliphatic carbocycles. The summed E-state index contributed by atoms with van der Waals surface area (Å²) < 4.78 is 1.82. The number of likely N-dealkylation sites (N-methyl/N-ethyl adjacent to an activating group) is 1. The molecular weight excluding hydrogens is 434 g/mol. The summed E-state index contributed by atoms with van der Waals surface area (Å²) in [5.41, 5.74) is 4.61. The molecule has 8 heteroatoms. The summed E-state index contributed by atoms with van der Waals surface area (Å²) in [5, 5.41) is 10.1. The van der Waals surface area contributed by atoms with Crippen LogP contribution in [0, 0.1) is 13.8 Å². The van der Waals surface area contributed by atoms with Gasteiger partial charge >= 0.3 is 0 Å². The number of anilines is 1. The number of rotatable bonds is 6. The van der Waals surface area contributed by atoms with E-state index in [1.54, 1.807) is 30.6 Å². The Morgan fingerprint density at radius 3 is 2.52 bits per heavy atom. The number of amides is 2. The lowest BCUT2D eigenvalue weighted by molar-refractivity contribution is -0.116. The van der Waals surface area contributed by atoms with E-state index < -0.39 is 0 Å². The number of nitrogens with one attached hydrogen (secondary N) is 1. The van der Waals surface area contributed by atoms with E-state index in [4.69, 9.17) is 4.98 Å². The Hall–Kier alpha value is -3.52. The Morgan fingerprint density at radius 2 is 1.88 bits per heavy atom. The van der Waals surface area contributed by atoms with Crippen molar-refractivity contribution >= 4 is 39.9 Å². The topological polar surface area (TPSA) is 80.1 Å². The lowest BCUT2D eigenvalue weighted by Crippen LogP contribution is -2.35. The SMILES string of the molecule is Cc1cccc(C)c1NC(=O)CN(C)C(=O)c1cc(-c2cccs2)nc2c1cnn2C(C)C. The van der Waals surface area contributed by atoms with E-state index in [9.17, 15) is 9.59 Å². The molecule has 1 N–H and O–H groups in total. The first-order valence-corrected chi connectivity index (χ1v) is 11.7.